The van der Waals surface area contributed by atoms with Gasteiger partial charge in [-0.2, -0.15) is 0 Å². The summed E-state index contributed by atoms with van der Waals surface area (Å²) in [5.41, 5.74) is 4.80. The fourth-order valence-corrected chi connectivity index (χ4v) is 2.87. The summed E-state index contributed by atoms with van der Waals surface area (Å²) in [6, 6.07) is 14.6. The van der Waals surface area contributed by atoms with Gasteiger partial charge in [-0.3, -0.25) is 0 Å². The number of benzene rings is 2. The summed E-state index contributed by atoms with van der Waals surface area (Å²) in [7, 11) is 0. The molecular weight excluding hydrogens is 328 g/mol. The number of thiocarbonyl (C=S) groups is 1. The number of anilines is 1. The van der Waals surface area contributed by atoms with Gasteiger partial charge in [0.1, 0.15) is 5.75 Å². The Balaban J connectivity index is 1.74. The molecule has 2 N–H and O–H groups in total. The van der Waals surface area contributed by atoms with E-state index in [1.54, 1.807) is 0 Å². The van der Waals surface area contributed by atoms with Crippen molar-refractivity contribution in [1.29, 1.82) is 0 Å². The molecule has 0 heterocycles. The maximum Gasteiger partial charge on any atom is 0.170 e. The Hall–Kier alpha value is -2.07. The topological polar surface area (TPSA) is 33.3 Å². The summed E-state index contributed by atoms with van der Waals surface area (Å²) in [6.45, 7) is 9.10. The average molecular weight is 357 g/mol. The van der Waals surface area contributed by atoms with Crippen LogP contribution >= 0.6 is 12.2 Å². The van der Waals surface area contributed by atoms with Crippen LogP contribution in [0.3, 0.4) is 0 Å². The lowest BCUT2D eigenvalue weighted by Gasteiger charge is -2.13. The number of ether oxygens (including phenoxy) is 1. The van der Waals surface area contributed by atoms with Crippen LogP contribution in [-0.4, -0.2) is 17.8 Å². The molecule has 0 aliphatic rings. The van der Waals surface area contributed by atoms with Gasteiger partial charge in [0, 0.05) is 12.2 Å². The van der Waals surface area contributed by atoms with Crippen molar-refractivity contribution in [2.75, 3.05) is 11.9 Å². The summed E-state index contributed by atoms with van der Waals surface area (Å²) >= 11 is 5.38. The second-order valence-electron chi connectivity index (χ2n) is 6.62. The molecule has 0 aliphatic heterocycles. The van der Waals surface area contributed by atoms with Gasteiger partial charge >= 0.3 is 0 Å². The SMILES string of the molecule is Cc1ccc(NC(=S)NCCCc2cccc(OC(C)C)c2)c(C)c1. The largest absolute Gasteiger partial charge is 0.491 e. The Bertz CT molecular complexity index is 713. The van der Waals surface area contributed by atoms with E-state index in [4.69, 9.17) is 17.0 Å². The zero-order valence-corrected chi connectivity index (χ0v) is 16.4. The summed E-state index contributed by atoms with van der Waals surface area (Å²) in [4.78, 5) is 0. The molecule has 2 aromatic rings. The molecular formula is C21H28N2OS. The molecule has 2 aromatic carbocycles. The van der Waals surface area contributed by atoms with Crippen molar-refractivity contribution in [2.24, 2.45) is 0 Å². The van der Waals surface area contributed by atoms with Gasteiger partial charge in [0.15, 0.2) is 5.11 Å². The number of aryl methyl sites for hydroxylation is 3. The van der Waals surface area contributed by atoms with E-state index < -0.39 is 0 Å². The summed E-state index contributed by atoms with van der Waals surface area (Å²) < 4.78 is 5.74. The summed E-state index contributed by atoms with van der Waals surface area (Å²) in [6.07, 6.45) is 2.21. The zero-order chi connectivity index (χ0) is 18.2. The number of hydrogen-bond acceptors (Lipinski definition) is 2. The van der Waals surface area contributed by atoms with Gasteiger partial charge in [-0.15, -0.1) is 0 Å². The smallest absolute Gasteiger partial charge is 0.170 e. The Morgan fingerprint density at radius 1 is 1.12 bits per heavy atom. The van der Waals surface area contributed by atoms with E-state index in [0.29, 0.717) is 5.11 Å². The molecule has 0 amide bonds. The van der Waals surface area contributed by atoms with E-state index in [9.17, 15) is 0 Å². The lowest BCUT2D eigenvalue weighted by Crippen LogP contribution is -2.29. The van der Waals surface area contributed by atoms with Crippen LogP contribution in [0, 0.1) is 13.8 Å². The predicted molar refractivity (Wildman–Crippen MR) is 111 cm³/mol. The summed E-state index contributed by atoms with van der Waals surface area (Å²) in [5, 5.41) is 7.22. The molecule has 0 atom stereocenters. The molecule has 0 aromatic heterocycles. The third-order valence-corrected chi connectivity index (χ3v) is 4.07. The monoisotopic (exact) mass is 356 g/mol. The van der Waals surface area contributed by atoms with Crippen LogP contribution in [0.4, 0.5) is 5.69 Å². The number of rotatable bonds is 7. The molecule has 0 fully saturated rings. The first kappa shape index (κ1) is 19.3. The first-order valence-corrected chi connectivity index (χ1v) is 9.22. The van der Waals surface area contributed by atoms with Crippen molar-refractivity contribution in [3.8, 4) is 5.75 Å². The molecule has 0 spiro atoms. The van der Waals surface area contributed by atoms with Crippen LogP contribution in [0.5, 0.6) is 5.75 Å². The molecule has 3 nitrogen and oxygen atoms in total. The Labute approximate surface area is 156 Å². The minimum Gasteiger partial charge on any atom is -0.491 e. The van der Waals surface area contributed by atoms with Crippen LogP contribution in [0.15, 0.2) is 42.5 Å². The van der Waals surface area contributed by atoms with Crippen LogP contribution in [0.25, 0.3) is 0 Å². The highest BCUT2D eigenvalue weighted by molar-refractivity contribution is 7.80. The Kier molecular flexibility index (Phi) is 7.26. The zero-order valence-electron chi connectivity index (χ0n) is 15.6. The molecule has 0 aliphatic carbocycles. The van der Waals surface area contributed by atoms with Crippen molar-refractivity contribution < 1.29 is 4.74 Å². The van der Waals surface area contributed by atoms with E-state index in [-0.39, 0.29) is 6.10 Å². The normalized spacial score (nSPS) is 10.6. The maximum absolute atomic E-state index is 5.74. The van der Waals surface area contributed by atoms with Gasteiger partial charge in [-0.1, -0.05) is 29.8 Å². The van der Waals surface area contributed by atoms with Crippen molar-refractivity contribution in [2.45, 2.75) is 46.6 Å². The highest BCUT2D eigenvalue weighted by Gasteiger charge is 2.02. The van der Waals surface area contributed by atoms with E-state index in [2.05, 4.69) is 54.8 Å². The van der Waals surface area contributed by atoms with Gasteiger partial charge in [0.2, 0.25) is 0 Å². The lowest BCUT2D eigenvalue weighted by molar-refractivity contribution is 0.242. The highest BCUT2D eigenvalue weighted by atomic mass is 32.1. The number of hydrogen-bond donors (Lipinski definition) is 2. The van der Waals surface area contributed by atoms with Crippen molar-refractivity contribution in [1.82, 2.24) is 5.32 Å². The molecule has 0 saturated carbocycles. The predicted octanol–water partition coefficient (Wildman–Crippen LogP) is 5.01. The first-order valence-electron chi connectivity index (χ1n) is 8.82. The molecule has 4 heteroatoms. The van der Waals surface area contributed by atoms with E-state index in [1.165, 1.54) is 16.7 Å². The van der Waals surface area contributed by atoms with Crippen molar-refractivity contribution in [3.63, 3.8) is 0 Å². The van der Waals surface area contributed by atoms with Crippen LogP contribution in [-0.2, 0) is 6.42 Å². The van der Waals surface area contributed by atoms with Crippen LogP contribution in [0.2, 0.25) is 0 Å². The Morgan fingerprint density at radius 3 is 2.64 bits per heavy atom. The second kappa shape index (κ2) is 9.42. The standard InChI is InChI=1S/C21H28N2OS/c1-15(2)24-19-9-5-7-18(14-19)8-6-12-22-21(25)23-20-11-10-16(3)13-17(20)4/h5,7,9-11,13-15H,6,8,12H2,1-4H3,(H2,22,23,25). The molecule has 25 heavy (non-hydrogen) atoms. The average Bonchev–Trinajstić information content (AvgIpc) is 2.54. The van der Waals surface area contributed by atoms with Crippen LogP contribution < -0.4 is 15.4 Å². The van der Waals surface area contributed by atoms with Gasteiger partial charge in [0.05, 0.1) is 6.10 Å². The minimum atomic E-state index is 0.200. The molecule has 0 saturated heterocycles. The first-order chi connectivity index (χ1) is 11.9. The molecule has 0 radical (unpaired) electrons. The maximum atomic E-state index is 5.74. The van der Waals surface area contributed by atoms with E-state index in [0.717, 1.165) is 30.8 Å². The number of nitrogens with one attached hydrogen (secondary N) is 2. The van der Waals surface area contributed by atoms with E-state index >= 15 is 0 Å². The third-order valence-electron chi connectivity index (χ3n) is 3.83. The molecule has 134 valence electrons. The molecule has 0 unspecified atom stereocenters. The van der Waals surface area contributed by atoms with Gasteiger partial charge in [0.25, 0.3) is 0 Å². The fraction of sp³-hybridized carbons (Fsp3) is 0.381. The molecule has 0 bridgehead atoms. The van der Waals surface area contributed by atoms with Crippen molar-refractivity contribution in [3.05, 3.63) is 59.2 Å². The quantitative estimate of drug-likeness (QED) is 0.540. The van der Waals surface area contributed by atoms with Gasteiger partial charge in [-0.25, -0.2) is 0 Å². The van der Waals surface area contributed by atoms with Gasteiger partial charge < -0.3 is 15.4 Å². The van der Waals surface area contributed by atoms with Crippen LogP contribution in [0.1, 0.15) is 37.0 Å². The third kappa shape index (κ3) is 6.75. The fourth-order valence-electron chi connectivity index (χ4n) is 2.66. The second-order valence-corrected chi connectivity index (χ2v) is 7.03. The Morgan fingerprint density at radius 2 is 1.92 bits per heavy atom. The van der Waals surface area contributed by atoms with E-state index in [1.807, 2.05) is 26.0 Å². The lowest BCUT2D eigenvalue weighted by atomic mass is 10.1. The van der Waals surface area contributed by atoms with Crippen molar-refractivity contribution >= 4 is 23.0 Å². The molecule has 2 rings (SSSR count). The summed E-state index contributed by atoms with van der Waals surface area (Å²) in [5.74, 6) is 0.937. The minimum absolute atomic E-state index is 0.200. The van der Waals surface area contributed by atoms with Gasteiger partial charge in [-0.05, 0) is 82.1 Å². The highest BCUT2D eigenvalue weighted by Crippen LogP contribution is 2.17.